The van der Waals surface area contributed by atoms with Crippen molar-refractivity contribution >= 4 is 60.2 Å². The van der Waals surface area contributed by atoms with Gasteiger partial charge in [0.2, 0.25) is 0 Å². The van der Waals surface area contributed by atoms with Gasteiger partial charge in [-0.05, 0) is 120 Å². The van der Waals surface area contributed by atoms with Gasteiger partial charge in [0, 0.05) is 23.0 Å². The molecule has 0 heterocycles. The summed E-state index contributed by atoms with van der Waals surface area (Å²) >= 11 is 0. The lowest BCUT2D eigenvalue weighted by molar-refractivity contribution is 0.730. The molecule has 0 aromatic heterocycles. The smallest absolute Gasteiger partial charge is 0.0468 e. The van der Waals surface area contributed by atoms with E-state index < -0.39 is 0 Å². The predicted molar refractivity (Wildman–Crippen MR) is 213 cm³/mol. The number of fused-ring (bicyclic) bond motifs is 11. The molecule has 9 aromatic carbocycles. The molecule has 0 saturated carbocycles. The number of hydrogen-bond donors (Lipinski definition) is 0. The largest absolute Gasteiger partial charge is 0.310 e. The molecule has 9 aromatic rings. The maximum absolute atomic E-state index is 2.45. The van der Waals surface area contributed by atoms with Gasteiger partial charge in [-0.2, -0.15) is 0 Å². The van der Waals surface area contributed by atoms with E-state index in [9.17, 15) is 0 Å². The summed E-state index contributed by atoms with van der Waals surface area (Å²) in [4.78, 5) is 2.43. The molecule has 0 amide bonds. The standard InChI is InChI=1S/C49H35N/c1-3-13-33(14-4-1)40-28-24-34-15-7-8-18-39(34)46-29-25-35-23-26-37(31-47(35)49(40)46)50(36-16-5-2-6-17-36)38-27-30-45-43-21-10-9-19-41(43)42-20-11-12-22-44(42)48(45)32-38/h1-23,25-27,29-32,40H,24,28H2. The molecule has 0 spiro atoms. The summed E-state index contributed by atoms with van der Waals surface area (Å²) in [6, 6.07) is 67.4. The van der Waals surface area contributed by atoms with Crippen molar-refractivity contribution in [1.82, 2.24) is 0 Å². The minimum Gasteiger partial charge on any atom is -0.310 e. The fourth-order valence-corrected chi connectivity index (χ4v) is 8.60. The first-order valence-corrected chi connectivity index (χ1v) is 17.7. The SMILES string of the molecule is c1ccc(C2CCc3ccccc3-c3ccc4ccc(N(c5ccccc5)c5ccc6c7ccccc7c7ccccc7c6c5)cc4c32)cc1. The van der Waals surface area contributed by atoms with Crippen LogP contribution in [0.5, 0.6) is 0 Å². The average Bonchev–Trinajstić information content (AvgIpc) is 3.36. The maximum atomic E-state index is 2.45. The fraction of sp³-hybridized carbons (Fsp3) is 0.0612. The first kappa shape index (κ1) is 28.8. The first-order chi connectivity index (χ1) is 24.8. The highest BCUT2D eigenvalue weighted by atomic mass is 15.1. The van der Waals surface area contributed by atoms with Crippen molar-refractivity contribution in [1.29, 1.82) is 0 Å². The summed E-state index contributed by atoms with van der Waals surface area (Å²) in [5.41, 5.74) is 10.4. The molecule has 0 radical (unpaired) electrons. The summed E-state index contributed by atoms with van der Waals surface area (Å²) in [6.07, 6.45) is 2.13. The Morgan fingerprint density at radius 3 is 1.64 bits per heavy atom. The van der Waals surface area contributed by atoms with Gasteiger partial charge in [0.05, 0.1) is 0 Å². The van der Waals surface area contributed by atoms with Crippen LogP contribution in [0, 0.1) is 0 Å². The Kier molecular flexibility index (Phi) is 6.77. The minimum atomic E-state index is 0.294. The van der Waals surface area contributed by atoms with Crippen molar-refractivity contribution in [2.24, 2.45) is 0 Å². The molecular weight excluding hydrogens is 603 g/mol. The Morgan fingerprint density at radius 2 is 0.920 bits per heavy atom. The van der Waals surface area contributed by atoms with Crippen LogP contribution >= 0.6 is 0 Å². The maximum Gasteiger partial charge on any atom is 0.0468 e. The fourth-order valence-electron chi connectivity index (χ4n) is 8.60. The van der Waals surface area contributed by atoms with Crippen LogP contribution in [0.25, 0.3) is 54.2 Å². The Morgan fingerprint density at radius 1 is 0.380 bits per heavy atom. The summed E-state index contributed by atoms with van der Waals surface area (Å²) in [6.45, 7) is 0. The molecule has 1 atom stereocenters. The van der Waals surface area contributed by atoms with Gasteiger partial charge < -0.3 is 4.90 Å². The van der Waals surface area contributed by atoms with Crippen LogP contribution in [0.2, 0.25) is 0 Å². The number of nitrogens with zero attached hydrogens (tertiary/aromatic N) is 1. The minimum absolute atomic E-state index is 0.294. The van der Waals surface area contributed by atoms with Crippen molar-refractivity contribution < 1.29 is 0 Å². The zero-order chi connectivity index (χ0) is 33.0. The lowest BCUT2D eigenvalue weighted by Crippen LogP contribution is -2.10. The van der Waals surface area contributed by atoms with Crippen LogP contribution in [0.3, 0.4) is 0 Å². The van der Waals surface area contributed by atoms with Gasteiger partial charge in [0.15, 0.2) is 0 Å². The van der Waals surface area contributed by atoms with E-state index in [1.165, 1.54) is 70.9 Å². The number of aryl methyl sites for hydroxylation is 1. The van der Waals surface area contributed by atoms with Gasteiger partial charge in [0.25, 0.3) is 0 Å². The van der Waals surface area contributed by atoms with Gasteiger partial charge in [-0.15, -0.1) is 0 Å². The van der Waals surface area contributed by atoms with Gasteiger partial charge >= 0.3 is 0 Å². The molecule has 1 heteroatoms. The predicted octanol–water partition coefficient (Wildman–Crippen LogP) is 13.5. The van der Waals surface area contributed by atoms with Gasteiger partial charge in [-0.1, -0.05) is 146 Å². The van der Waals surface area contributed by atoms with Crippen molar-refractivity contribution in [3.05, 3.63) is 199 Å². The quantitative estimate of drug-likeness (QED) is 0.174. The van der Waals surface area contributed by atoms with Gasteiger partial charge in [-0.25, -0.2) is 0 Å². The molecule has 0 fully saturated rings. The van der Waals surface area contributed by atoms with E-state index in [4.69, 9.17) is 0 Å². The van der Waals surface area contributed by atoms with E-state index >= 15 is 0 Å². The topological polar surface area (TPSA) is 3.24 Å². The summed E-state index contributed by atoms with van der Waals surface area (Å²) in [7, 11) is 0. The van der Waals surface area contributed by atoms with E-state index in [0.717, 1.165) is 29.9 Å². The van der Waals surface area contributed by atoms with Crippen molar-refractivity contribution in [2.75, 3.05) is 4.90 Å². The second kappa shape index (κ2) is 11.8. The number of hydrogen-bond acceptors (Lipinski definition) is 1. The molecule has 1 aliphatic rings. The zero-order valence-electron chi connectivity index (χ0n) is 27.8. The van der Waals surface area contributed by atoms with Gasteiger partial charge in [0.1, 0.15) is 0 Å². The van der Waals surface area contributed by atoms with E-state index in [1.807, 2.05) is 0 Å². The molecule has 1 nitrogen and oxygen atoms in total. The molecule has 0 saturated heterocycles. The first-order valence-electron chi connectivity index (χ1n) is 17.7. The van der Waals surface area contributed by atoms with E-state index in [1.54, 1.807) is 0 Å². The number of rotatable bonds is 4. The highest BCUT2D eigenvalue weighted by molar-refractivity contribution is 6.25. The highest BCUT2D eigenvalue weighted by Crippen LogP contribution is 2.47. The molecule has 10 rings (SSSR count). The van der Waals surface area contributed by atoms with Crippen LogP contribution in [0.4, 0.5) is 17.1 Å². The Balaban J connectivity index is 1.24. The molecule has 50 heavy (non-hydrogen) atoms. The van der Waals surface area contributed by atoms with Crippen molar-refractivity contribution in [3.8, 4) is 11.1 Å². The molecular formula is C49H35N. The zero-order valence-corrected chi connectivity index (χ0v) is 27.8. The molecule has 236 valence electrons. The normalized spacial score (nSPS) is 14.0. The van der Waals surface area contributed by atoms with Crippen LogP contribution in [0.15, 0.2) is 182 Å². The third-order valence-corrected chi connectivity index (χ3v) is 10.9. The number of benzene rings is 9. The van der Waals surface area contributed by atoms with Gasteiger partial charge in [-0.3, -0.25) is 0 Å². The van der Waals surface area contributed by atoms with Crippen LogP contribution in [-0.4, -0.2) is 0 Å². The van der Waals surface area contributed by atoms with Crippen LogP contribution in [-0.2, 0) is 6.42 Å². The van der Waals surface area contributed by atoms with E-state index in [0.29, 0.717) is 5.92 Å². The third-order valence-electron chi connectivity index (χ3n) is 10.9. The van der Waals surface area contributed by atoms with E-state index in [2.05, 4.69) is 187 Å². The summed E-state index contributed by atoms with van der Waals surface area (Å²) < 4.78 is 0. The lowest BCUT2D eigenvalue weighted by atomic mass is 9.82. The summed E-state index contributed by atoms with van der Waals surface area (Å²) in [5, 5.41) is 10.3. The molecule has 0 N–H and O–H groups in total. The molecule has 0 bridgehead atoms. The molecule has 0 aliphatic heterocycles. The van der Waals surface area contributed by atoms with Crippen molar-refractivity contribution in [2.45, 2.75) is 18.8 Å². The third kappa shape index (κ3) is 4.62. The average molecular weight is 638 g/mol. The van der Waals surface area contributed by atoms with Crippen LogP contribution in [0.1, 0.15) is 29.0 Å². The Hall–Kier alpha value is -6.18. The monoisotopic (exact) mass is 637 g/mol. The second-order valence-electron chi connectivity index (χ2n) is 13.6. The Bertz CT molecular complexity index is 2670. The number of para-hydroxylation sites is 1. The number of anilines is 3. The molecule has 1 unspecified atom stereocenters. The lowest BCUT2D eigenvalue weighted by Gasteiger charge is -2.27. The van der Waals surface area contributed by atoms with Crippen LogP contribution < -0.4 is 4.90 Å². The van der Waals surface area contributed by atoms with Crippen molar-refractivity contribution in [3.63, 3.8) is 0 Å². The Labute approximate surface area is 292 Å². The molecule has 1 aliphatic carbocycles. The van der Waals surface area contributed by atoms with E-state index in [-0.39, 0.29) is 0 Å². The summed E-state index contributed by atoms with van der Waals surface area (Å²) in [5.74, 6) is 0.294. The second-order valence-corrected chi connectivity index (χ2v) is 13.6. The highest BCUT2D eigenvalue weighted by Gasteiger charge is 2.26.